The fraction of sp³-hybridized carbons (Fsp3) is 0.538. The van der Waals surface area contributed by atoms with Crippen molar-refractivity contribution < 1.29 is 9.47 Å². The standard InChI is InChI=1S/C26H37NO2/c1-3-21(2)25-11-7-8-12-26(25)29-20-18-27-23-13-15-24(16-14-23)28-19-17-22-9-5-4-6-10-22/h7-8,11-16,21-22,27H,3-6,9-10,17-20H2,1-2H3. The molecule has 1 N–H and O–H groups in total. The molecule has 0 bridgehead atoms. The van der Waals surface area contributed by atoms with Crippen molar-refractivity contribution in [3.63, 3.8) is 0 Å². The predicted octanol–water partition coefficient (Wildman–Crippen LogP) is 7.04. The summed E-state index contributed by atoms with van der Waals surface area (Å²) in [6.45, 7) is 6.72. The van der Waals surface area contributed by atoms with Crippen molar-refractivity contribution in [3.8, 4) is 11.5 Å². The van der Waals surface area contributed by atoms with E-state index in [4.69, 9.17) is 9.47 Å². The van der Waals surface area contributed by atoms with Gasteiger partial charge in [0.1, 0.15) is 18.1 Å². The van der Waals surface area contributed by atoms with Crippen LogP contribution in [0.3, 0.4) is 0 Å². The largest absolute Gasteiger partial charge is 0.494 e. The highest BCUT2D eigenvalue weighted by Gasteiger charge is 2.13. The third kappa shape index (κ3) is 6.99. The highest BCUT2D eigenvalue weighted by Crippen LogP contribution is 2.28. The van der Waals surface area contributed by atoms with Gasteiger partial charge in [-0.15, -0.1) is 0 Å². The first-order chi connectivity index (χ1) is 14.3. The van der Waals surface area contributed by atoms with E-state index in [-0.39, 0.29) is 0 Å². The Morgan fingerprint density at radius 3 is 2.45 bits per heavy atom. The van der Waals surface area contributed by atoms with Gasteiger partial charge in [-0.2, -0.15) is 0 Å². The van der Waals surface area contributed by atoms with Crippen LogP contribution in [0.1, 0.15) is 70.3 Å². The van der Waals surface area contributed by atoms with E-state index in [1.807, 2.05) is 6.07 Å². The van der Waals surface area contributed by atoms with Gasteiger partial charge in [0.05, 0.1) is 6.61 Å². The van der Waals surface area contributed by atoms with Crippen molar-refractivity contribution >= 4 is 5.69 Å². The lowest BCUT2D eigenvalue weighted by Crippen LogP contribution is -2.12. The molecular weight excluding hydrogens is 358 g/mol. The lowest BCUT2D eigenvalue weighted by molar-refractivity contribution is 0.246. The van der Waals surface area contributed by atoms with Gasteiger partial charge >= 0.3 is 0 Å². The van der Waals surface area contributed by atoms with E-state index in [2.05, 4.69) is 61.6 Å². The Labute approximate surface area is 176 Å². The molecule has 1 atom stereocenters. The van der Waals surface area contributed by atoms with E-state index in [0.717, 1.165) is 42.7 Å². The molecule has 1 fully saturated rings. The van der Waals surface area contributed by atoms with Gasteiger partial charge < -0.3 is 14.8 Å². The van der Waals surface area contributed by atoms with Gasteiger partial charge in [-0.1, -0.05) is 64.2 Å². The average molecular weight is 396 g/mol. The summed E-state index contributed by atoms with van der Waals surface area (Å²) in [6.07, 6.45) is 9.30. The van der Waals surface area contributed by atoms with Crippen LogP contribution in [0, 0.1) is 5.92 Å². The summed E-state index contributed by atoms with van der Waals surface area (Å²) in [5.41, 5.74) is 2.40. The number of benzene rings is 2. The molecule has 1 unspecified atom stereocenters. The van der Waals surface area contributed by atoms with Gasteiger partial charge in [-0.3, -0.25) is 0 Å². The zero-order chi connectivity index (χ0) is 20.3. The van der Waals surface area contributed by atoms with E-state index >= 15 is 0 Å². The maximum Gasteiger partial charge on any atom is 0.122 e. The van der Waals surface area contributed by atoms with Gasteiger partial charge in [0, 0.05) is 12.2 Å². The molecule has 0 aliphatic heterocycles. The zero-order valence-corrected chi connectivity index (χ0v) is 18.2. The molecule has 0 aromatic heterocycles. The number of hydrogen-bond acceptors (Lipinski definition) is 3. The predicted molar refractivity (Wildman–Crippen MR) is 122 cm³/mol. The molecule has 3 heteroatoms. The summed E-state index contributed by atoms with van der Waals surface area (Å²) in [6, 6.07) is 16.7. The molecule has 1 saturated carbocycles. The minimum atomic E-state index is 0.518. The molecule has 0 radical (unpaired) electrons. The van der Waals surface area contributed by atoms with E-state index in [1.54, 1.807) is 0 Å². The summed E-state index contributed by atoms with van der Waals surface area (Å²) >= 11 is 0. The monoisotopic (exact) mass is 395 g/mol. The highest BCUT2D eigenvalue weighted by molar-refractivity contribution is 5.46. The van der Waals surface area contributed by atoms with Crippen molar-refractivity contribution in [1.82, 2.24) is 0 Å². The van der Waals surface area contributed by atoms with E-state index in [0.29, 0.717) is 12.5 Å². The van der Waals surface area contributed by atoms with E-state index in [9.17, 15) is 0 Å². The van der Waals surface area contributed by atoms with Crippen LogP contribution < -0.4 is 14.8 Å². The molecule has 158 valence electrons. The second-order valence-electron chi connectivity index (χ2n) is 8.29. The molecular formula is C26H37NO2. The fourth-order valence-corrected chi connectivity index (χ4v) is 4.08. The van der Waals surface area contributed by atoms with Crippen LogP contribution in [-0.2, 0) is 0 Å². The van der Waals surface area contributed by atoms with Gasteiger partial charge in [0.25, 0.3) is 0 Å². The molecule has 3 rings (SSSR count). The molecule has 3 nitrogen and oxygen atoms in total. The van der Waals surface area contributed by atoms with Crippen LogP contribution in [0.15, 0.2) is 48.5 Å². The molecule has 0 spiro atoms. The van der Waals surface area contributed by atoms with Crippen LogP contribution in [0.25, 0.3) is 0 Å². The maximum absolute atomic E-state index is 6.03. The molecule has 1 aliphatic carbocycles. The lowest BCUT2D eigenvalue weighted by atomic mass is 9.87. The Balaban J connectivity index is 1.36. The van der Waals surface area contributed by atoms with E-state index in [1.165, 1.54) is 44.1 Å². The van der Waals surface area contributed by atoms with Crippen molar-refractivity contribution in [1.29, 1.82) is 0 Å². The number of hydrogen-bond donors (Lipinski definition) is 1. The van der Waals surface area contributed by atoms with Crippen molar-refractivity contribution in [2.45, 2.75) is 64.7 Å². The normalized spacial score (nSPS) is 15.7. The summed E-state index contributed by atoms with van der Waals surface area (Å²) in [4.78, 5) is 0. The van der Waals surface area contributed by atoms with Crippen molar-refractivity contribution in [2.24, 2.45) is 5.92 Å². The molecule has 29 heavy (non-hydrogen) atoms. The minimum absolute atomic E-state index is 0.518. The molecule has 0 saturated heterocycles. The SMILES string of the molecule is CCC(C)c1ccccc1OCCNc1ccc(OCCC2CCCCC2)cc1. The van der Waals surface area contributed by atoms with Crippen molar-refractivity contribution in [2.75, 3.05) is 25.1 Å². The smallest absolute Gasteiger partial charge is 0.122 e. The Bertz CT molecular complexity index is 707. The molecule has 2 aromatic carbocycles. The topological polar surface area (TPSA) is 30.5 Å². The zero-order valence-electron chi connectivity index (χ0n) is 18.2. The summed E-state index contributed by atoms with van der Waals surface area (Å²) < 4.78 is 12.0. The first kappa shape index (κ1) is 21.5. The second kappa shape index (κ2) is 11.7. The number of nitrogens with one attached hydrogen (secondary N) is 1. The highest BCUT2D eigenvalue weighted by atomic mass is 16.5. The van der Waals surface area contributed by atoms with Crippen LogP contribution in [-0.4, -0.2) is 19.8 Å². The second-order valence-corrected chi connectivity index (χ2v) is 8.29. The van der Waals surface area contributed by atoms with Crippen molar-refractivity contribution in [3.05, 3.63) is 54.1 Å². The molecule has 2 aromatic rings. The number of anilines is 1. The van der Waals surface area contributed by atoms with Gasteiger partial charge in [0.2, 0.25) is 0 Å². The van der Waals surface area contributed by atoms with Crippen LogP contribution in [0.4, 0.5) is 5.69 Å². The third-order valence-corrected chi connectivity index (χ3v) is 6.12. The van der Waals surface area contributed by atoms with Gasteiger partial charge in [0.15, 0.2) is 0 Å². The Hall–Kier alpha value is -2.16. The van der Waals surface area contributed by atoms with Gasteiger partial charge in [-0.05, 0) is 60.6 Å². The van der Waals surface area contributed by atoms with Crippen LogP contribution >= 0.6 is 0 Å². The first-order valence-electron chi connectivity index (χ1n) is 11.4. The molecule has 0 amide bonds. The minimum Gasteiger partial charge on any atom is -0.494 e. The summed E-state index contributed by atoms with van der Waals surface area (Å²) in [5, 5.41) is 3.43. The number of para-hydroxylation sites is 1. The summed E-state index contributed by atoms with van der Waals surface area (Å²) in [5.74, 6) is 3.36. The van der Waals surface area contributed by atoms with Crippen LogP contribution in [0.5, 0.6) is 11.5 Å². The quantitative estimate of drug-likeness (QED) is 0.414. The summed E-state index contributed by atoms with van der Waals surface area (Å²) in [7, 11) is 0. The Morgan fingerprint density at radius 2 is 1.69 bits per heavy atom. The fourth-order valence-electron chi connectivity index (χ4n) is 4.08. The number of ether oxygens (including phenoxy) is 2. The average Bonchev–Trinajstić information content (AvgIpc) is 2.78. The lowest BCUT2D eigenvalue weighted by Gasteiger charge is -2.21. The van der Waals surface area contributed by atoms with Gasteiger partial charge in [-0.25, -0.2) is 0 Å². The number of rotatable bonds is 11. The third-order valence-electron chi connectivity index (χ3n) is 6.12. The molecule has 1 aliphatic rings. The Kier molecular flexibility index (Phi) is 8.73. The van der Waals surface area contributed by atoms with Crippen LogP contribution in [0.2, 0.25) is 0 Å². The first-order valence-corrected chi connectivity index (χ1v) is 11.4. The molecule has 0 heterocycles. The maximum atomic E-state index is 6.03. The Morgan fingerprint density at radius 1 is 0.931 bits per heavy atom. The van der Waals surface area contributed by atoms with E-state index < -0.39 is 0 Å².